The number of aryl methyl sites for hydroxylation is 1. The summed E-state index contributed by atoms with van der Waals surface area (Å²) in [7, 11) is -4.48. The van der Waals surface area contributed by atoms with Crippen LogP contribution >= 0.6 is 0 Å². The first-order chi connectivity index (χ1) is 8.60. The molecular weight excluding hydrogens is 283 g/mol. The maximum absolute atomic E-state index is 12.4. The second-order valence-corrected chi connectivity index (χ2v) is 5.78. The van der Waals surface area contributed by atoms with Crippen LogP contribution in [0.15, 0.2) is 40.3 Å². The molecule has 1 aromatic rings. The zero-order valence-corrected chi connectivity index (χ0v) is 10.7. The lowest BCUT2D eigenvalue weighted by molar-refractivity contribution is -0.189. The minimum atomic E-state index is -5.11. The van der Waals surface area contributed by atoms with E-state index in [1.165, 1.54) is 12.1 Å². The summed E-state index contributed by atoms with van der Waals surface area (Å²) in [5.74, 6) is 0. The van der Waals surface area contributed by atoms with Gasteiger partial charge in [0, 0.05) is 6.20 Å². The molecule has 3 N–H and O–H groups in total. The lowest BCUT2D eigenvalue weighted by Gasteiger charge is -2.17. The van der Waals surface area contributed by atoms with E-state index in [9.17, 15) is 21.6 Å². The fraction of sp³-hybridized carbons (Fsp3) is 0.273. The number of hydrogen-bond donors (Lipinski definition) is 2. The van der Waals surface area contributed by atoms with Gasteiger partial charge in [0.1, 0.15) is 4.91 Å². The van der Waals surface area contributed by atoms with Gasteiger partial charge in [-0.1, -0.05) is 17.7 Å². The number of sulfone groups is 1. The van der Waals surface area contributed by atoms with E-state index in [0.29, 0.717) is 0 Å². The molecule has 106 valence electrons. The summed E-state index contributed by atoms with van der Waals surface area (Å²) in [6, 6.07) is 5.16. The number of alkyl halides is 3. The van der Waals surface area contributed by atoms with Crippen molar-refractivity contribution >= 4 is 9.84 Å². The van der Waals surface area contributed by atoms with Crippen LogP contribution in [0.2, 0.25) is 0 Å². The Bertz CT molecular complexity index is 576. The molecule has 0 radical (unpaired) electrons. The van der Waals surface area contributed by atoms with Gasteiger partial charge in [-0.15, -0.1) is 0 Å². The van der Waals surface area contributed by atoms with E-state index in [0.717, 1.165) is 17.7 Å². The Labute approximate surface area is 108 Å². The van der Waals surface area contributed by atoms with Crippen molar-refractivity contribution in [2.45, 2.75) is 24.1 Å². The SMILES string of the molecule is Cc1ccc(S(=O)(=O)/C(=C/N)C(O)C(F)(F)F)cc1. The summed E-state index contributed by atoms with van der Waals surface area (Å²) < 4.78 is 61.1. The van der Waals surface area contributed by atoms with Crippen LogP contribution in [0.1, 0.15) is 5.56 Å². The van der Waals surface area contributed by atoms with Crippen molar-refractivity contribution in [2.75, 3.05) is 0 Å². The van der Waals surface area contributed by atoms with Crippen molar-refractivity contribution in [3.63, 3.8) is 0 Å². The molecule has 0 fully saturated rings. The molecule has 0 aromatic heterocycles. The molecule has 0 bridgehead atoms. The molecular formula is C11H12F3NO3S. The molecule has 4 nitrogen and oxygen atoms in total. The Balaban J connectivity index is 3.29. The Hall–Kier alpha value is -1.54. The van der Waals surface area contributed by atoms with E-state index in [2.05, 4.69) is 0 Å². The number of nitrogens with two attached hydrogens (primary N) is 1. The van der Waals surface area contributed by atoms with E-state index in [1.807, 2.05) is 0 Å². The first-order valence-electron chi connectivity index (χ1n) is 5.09. The highest BCUT2D eigenvalue weighted by atomic mass is 32.2. The average molecular weight is 295 g/mol. The summed E-state index contributed by atoms with van der Waals surface area (Å²) in [6.07, 6.45) is -8.00. The fourth-order valence-corrected chi connectivity index (χ4v) is 2.72. The van der Waals surface area contributed by atoms with E-state index in [4.69, 9.17) is 10.8 Å². The van der Waals surface area contributed by atoms with Crippen molar-refractivity contribution < 1.29 is 26.7 Å². The van der Waals surface area contributed by atoms with E-state index in [1.54, 1.807) is 6.92 Å². The molecule has 0 amide bonds. The smallest absolute Gasteiger partial charge is 0.404 e. The molecule has 1 atom stereocenters. The third-order valence-corrected chi connectivity index (χ3v) is 4.26. The number of benzene rings is 1. The molecule has 0 heterocycles. The first-order valence-corrected chi connectivity index (χ1v) is 6.57. The normalized spacial score (nSPS) is 15.3. The average Bonchev–Trinajstić information content (AvgIpc) is 2.28. The van der Waals surface area contributed by atoms with Crippen LogP contribution in [-0.2, 0) is 9.84 Å². The van der Waals surface area contributed by atoms with E-state index >= 15 is 0 Å². The topological polar surface area (TPSA) is 80.4 Å². The molecule has 0 spiro atoms. The molecule has 0 aliphatic carbocycles. The van der Waals surface area contributed by atoms with Crippen molar-refractivity contribution in [3.05, 3.63) is 40.9 Å². The van der Waals surface area contributed by atoms with Gasteiger partial charge < -0.3 is 10.8 Å². The van der Waals surface area contributed by atoms with Gasteiger partial charge >= 0.3 is 6.18 Å². The first kappa shape index (κ1) is 15.5. The van der Waals surface area contributed by atoms with Crippen LogP contribution < -0.4 is 5.73 Å². The number of rotatable bonds is 3. The van der Waals surface area contributed by atoms with Crippen LogP contribution in [-0.4, -0.2) is 25.8 Å². The predicted molar refractivity (Wildman–Crippen MR) is 62.7 cm³/mol. The Morgan fingerprint density at radius 3 is 2.16 bits per heavy atom. The van der Waals surface area contributed by atoms with Crippen molar-refractivity contribution in [2.24, 2.45) is 5.73 Å². The van der Waals surface area contributed by atoms with Crippen molar-refractivity contribution in [1.29, 1.82) is 0 Å². The van der Waals surface area contributed by atoms with Gasteiger partial charge in [0.2, 0.25) is 9.84 Å². The zero-order chi connectivity index (χ0) is 14.8. The lowest BCUT2D eigenvalue weighted by Crippen LogP contribution is -2.34. The van der Waals surface area contributed by atoms with Crippen LogP contribution in [0.3, 0.4) is 0 Å². The maximum Gasteiger partial charge on any atom is 0.419 e. The molecule has 0 saturated heterocycles. The van der Waals surface area contributed by atoms with Crippen LogP contribution in [0.25, 0.3) is 0 Å². The summed E-state index contributed by atoms with van der Waals surface area (Å²) in [5, 5.41) is 9.04. The second-order valence-electron chi connectivity index (χ2n) is 3.83. The highest BCUT2D eigenvalue weighted by Gasteiger charge is 2.45. The van der Waals surface area contributed by atoms with E-state index in [-0.39, 0.29) is 11.1 Å². The number of aliphatic hydroxyl groups is 1. The molecule has 1 aromatic carbocycles. The van der Waals surface area contributed by atoms with Gasteiger partial charge in [0.15, 0.2) is 6.10 Å². The third-order valence-electron chi connectivity index (χ3n) is 2.39. The third kappa shape index (κ3) is 3.27. The maximum atomic E-state index is 12.4. The molecule has 0 aliphatic heterocycles. The van der Waals surface area contributed by atoms with Crippen molar-refractivity contribution in [1.82, 2.24) is 0 Å². The highest BCUT2D eigenvalue weighted by molar-refractivity contribution is 7.95. The Morgan fingerprint density at radius 2 is 1.79 bits per heavy atom. The molecule has 0 saturated carbocycles. The quantitative estimate of drug-likeness (QED) is 0.885. The number of halogens is 3. The van der Waals surface area contributed by atoms with Gasteiger partial charge in [-0.2, -0.15) is 13.2 Å². The van der Waals surface area contributed by atoms with Gasteiger partial charge in [0.25, 0.3) is 0 Å². The monoisotopic (exact) mass is 295 g/mol. The zero-order valence-electron chi connectivity index (χ0n) is 9.85. The summed E-state index contributed by atoms with van der Waals surface area (Å²) in [4.78, 5) is -1.65. The minimum Gasteiger partial charge on any atom is -0.404 e. The van der Waals surface area contributed by atoms with Gasteiger partial charge in [-0.25, -0.2) is 8.42 Å². The molecule has 19 heavy (non-hydrogen) atoms. The number of aliphatic hydroxyl groups excluding tert-OH is 1. The fourth-order valence-electron chi connectivity index (χ4n) is 1.34. The van der Waals surface area contributed by atoms with E-state index < -0.39 is 27.0 Å². The minimum absolute atomic E-state index is 0.257. The Kier molecular flexibility index (Phi) is 4.26. The largest absolute Gasteiger partial charge is 0.419 e. The molecule has 1 rings (SSSR count). The second kappa shape index (κ2) is 5.22. The molecule has 0 aliphatic rings. The van der Waals surface area contributed by atoms with Crippen LogP contribution in [0, 0.1) is 6.92 Å². The van der Waals surface area contributed by atoms with Crippen LogP contribution in [0.4, 0.5) is 13.2 Å². The van der Waals surface area contributed by atoms with Gasteiger partial charge in [0.05, 0.1) is 4.90 Å². The Morgan fingerprint density at radius 1 is 1.32 bits per heavy atom. The predicted octanol–water partition coefficient (Wildman–Crippen LogP) is 1.49. The highest BCUT2D eigenvalue weighted by Crippen LogP contribution is 2.31. The summed E-state index contributed by atoms with van der Waals surface area (Å²) in [5.41, 5.74) is 5.67. The standard InChI is InChI=1S/C11H12F3NO3S/c1-7-2-4-8(5-3-7)19(17,18)9(6-15)10(16)11(12,13)14/h2-6,10,16H,15H2,1H3/b9-6+. The van der Waals surface area contributed by atoms with Crippen LogP contribution in [0.5, 0.6) is 0 Å². The lowest BCUT2D eigenvalue weighted by atomic mass is 10.2. The van der Waals surface area contributed by atoms with Crippen molar-refractivity contribution in [3.8, 4) is 0 Å². The van der Waals surface area contributed by atoms with Gasteiger partial charge in [-0.3, -0.25) is 0 Å². The number of hydrogen-bond acceptors (Lipinski definition) is 4. The molecule has 8 heteroatoms. The summed E-state index contributed by atoms with van der Waals surface area (Å²) >= 11 is 0. The molecule has 1 unspecified atom stereocenters. The summed E-state index contributed by atoms with van der Waals surface area (Å²) in [6.45, 7) is 1.70. The van der Waals surface area contributed by atoms with Gasteiger partial charge in [-0.05, 0) is 19.1 Å².